The van der Waals surface area contributed by atoms with Crippen LogP contribution in [0.1, 0.15) is 33.4 Å². The number of ether oxygens (including phenoxy) is 1. The standard InChI is InChI=1S/C16H17N3O4S/c1-3-22-15(21)11-9(2)23-14(12(11)13(17)20)19-16(24)18-10-7-5-4-6-8-10/h4-8H,3H2,1-2H3,(H2,17,20)(H2,18,19,24). The molecule has 1 aromatic carbocycles. The predicted octanol–water partition coefficient (Wildman–Crippen LogP) is 2.67. The first-order valence-electron chi connectivity index (χ1n) is 7.17. The van der Waals surface area contributed by atoms with Crippen LogP contribution in [0.15, 0.2) is 34.7 Å². The lowest BCUT2D eigenvalue weighted by Crippen LogP contribution is -2.22. The van der Waals surface area contributed by atoms with Crippen LogP contribution in [0.5, 0.6) is 0 Å². The van der Waals surface area contributed by atoms with Gasteiger partial charge in [0, 0.05) is 5.69 Å². The number of nitrogens with one attached hydrogen (secondary N) is 2. The van der Waals surface area contributed by atoms with Crippen molar-refractivity contribution in [2.75, 3.05) is 17.2 Å². The second kappa shape index (κ2) is 7.60. The molecule has 2 aromatic rings. The quantitative estimate of drug-likeness (QED) is 0.564. The summed E-state index contributed by atoms with van der Waals surface area (Å²) < 4.78 is 10.4. The number of carbonyl (C=O) groups excluding carboxylic acids is 2. The van der Waals surface area contributed by atoms with Crippen LogP contribution < -0.4 is 16.4 Å². The average molecular weight is 347 g/mol. The molecule has 8 heteroatoms. The number of benzene rings is 1. The van der Waals surface area contributed by atoms with Crippen molar-refractivity contribution >= 4 is 40.8 Å². The Morgan fingerprint density at radius 1 is 1.21 bits per heavy atom. The van der Waals surface area contributed by atoms with Gasteiger partial charge in [0.05, 0.1) is 6.61 Å². The van der Waals surface area contributed by atoms with Crippen molar-refractivity contribution in [1.29, 1.82) is 0 Å². The maximum Gasteiger partial charge on any atom is 0.342 e. The Labute approximate surface area is 144 Å². The van der Waals surface area contributed by atoms with E-state index in [2.05, 4.69) is 10.6 Å². The summed E-state index contributed by atoms with van der Waals surface area (Å²) in [6, 6.07) is 9.19. The minimum Gasteiger partial charge on any atom is -0.462 e. The Morgan fingerprint density at radius 2 is 1.88 bits per heavy atom. The Morgan fingerprint density at radius 3 is 2.46 bits per heavy atom. The number of furan rings is 1. The summed E-state index contributed by atoms with van der Waals surface area (Å²) in [7, 11) is 0. The number of aryl methyl sites for hydroxylation is 1. The molecule has 0 aliphatic rings. The van der Waals surface area contributed by atoms with Crippen molar-refractivity contribution in [3.8, 4) is 0 Å². The Bertz CT molecular complexity index is 771. The number of amides is 1. The molecule has 0 saturated carbocycles. The summed E-state index contributed by atoms with van der Waals surface area (Å²) in [4.78, 5) is 23.8. The van der Waals surface area contributed by atoms with Crippen LogP contribution in [-0.4, -0.2) is 23.6 Å². The van der Waals surface area contributed by atoms with Gasteiger partial charge in [0.2, 0.25) is 5.88 Å². The van der Waals surface area contributed by atoms with Gasteiger partial charge in [0.1, 0.15) is 16.9 Å². The molecule has 0 aliphatic heterocycles. The molecule has 0 atom stereocenters. The maximum absolute atomic E-state index is 12.0. The minimum absolute atomic E-state index is 0.00326. The SMILES string of the molecule is CCOC(=O)c1c(C)oc(NC(=S)Nc2ccccc2)c1C(N)=O. The lowest BCUT2D eigenvalue weighted by atomic mass is 10.1. The molecule has 24 heavy (non-hydrogen) atoms. The van der Waals surface area contributed by atoms with Gasteiger partial charge in [-0.2, -0.15) is 0 Å². The second-order valence-corrected chi connectivity index (χ2v) is 5.18. The number of thiocarbonyl (C=S) groups is 1. The van der Waals surface area contributed by atoms with E-state index in [1.807, 2.05) is 30.3 Å². The van der Waals surface area contributed by atoms with Crippen LogP contribution in [0.4, 0.5) is 11.6 Å². The fraction of sp³-hybridized carbons (Fsp3) is 0.188. The third-order valence-corrected chi connectivity index (χ3v) is 3.27. The number of esters is 1. The molecule has 126 valence electrons. The molecule has 0 fully saturated rings. The van der Waals surface area contributed by atoms with Crippen LogP contribution in [0.2, 0.25) is 0 Å². The fourth-order valence-electron chi connectivity index (χ4n) is 2.10. The van der Waals surface area contributed by atoms with Crippen LogP contribution in [0.25, 0.3) is 0 Å². The van der Waals surface area contributed by atoms with Crippen molar-refractivity contribution in [2.45, 2.75) is 13.8 Å². The van der Waals surface area contributed by atoms with E-state index in [1.165, 1.54) is 6.92 Å². The number of carbonyl (C=O) groups is 2. The number of hydrogen-bond donors (Lipinski definition) is 3. The molecular weight excluding hydrogens is 330 g/mol. The molecule has 0 bridgehead atoms. The normalized spacial score (nSPS) is 10.1. The van der Waals surface area contributed by atoms with E-state index in [1.54, 1.807) is 6.92 Å². The number of hydrogen-bond acceptors (Lipinski definition) is 5. The van der Waals surface area contributed by atoms with Crippen molar-refractivity contribution in [1.82, 2.24) is 0 Å². The van der Waals surface area contributed by atoms with E-state index in [4.69, 9.17) is 27.1 Å². The molecular formula is C16H17N3O4S. The Balaban J connectivity index is 2.27. The van der Waals surface area contributed by atoms with Gasteiger partial charge in [0.25, 0.3) is 5.91 Å². The fourth-order valence-corrected chi connectivity index (χ4v) is 2.31. The summed E-state index contributed by atoms with van der Waals surface area (Å²) in [5.41, 5.74) is 6.04. The third-order valence-electron chi connectivity index (χ3n) is 3.07. The monoisotopic (exact) mass is 347 g/mol. The first kappa shape index (κ1) is 17.5. The summed E-state index contributed by atoms with van der Waals surface area (Å²) in [6.45, 7) is 3.37. The van der Waals surface area contributed by atoms with Gasteiger partial charge in [-0.25, -0.2) is 4.79 Å². The summed E-state index contributed by atoms with van der Waals surface area (Å²) in [6.07, 6.45) is 0. The van der Waals surface area contributed by atoms with Crippen molar-refractivity contribution in [2.24, 2.45) is 5.73 Å². The largest absolute Gasteiger partial charge is 0.462 e. The van der Waals surface area contributed by atoms with Gasteiger partial charge in [-0.05, 0) is 38.2 Å². The van der Waals surface area contributed by atoms with E-state index >= 15 is 0 Å². The van der Waals surface area contributed by atoms with Gasteiger partial charge in [-0.3, -0.25) is 4.79 Å². The van der Waals surface area contributed by atoms with Crippen molar-refractivity contribution in [3.63, 3.8) is 0 Å². The summed E-state index contributed by atoms with van der Waals surface area (Å²) in [5.74, 6) is -1.29. The smallest absolute Gasteiger partial charge is 0.342 e. The van der Waals surface area contributed by atoms with Gasteiger partial charge < -0.3 is 25.5 Å². The molecule has 0 unspecified atom stereocenters. The number of primary amides is 1. The van der Waals surface area contributed by atoms with Crippen molar-refractivity contribution < 1.29 is 18.7 Å². The lowest BCUT2D eigenvalue weighted by molar-refractivity contribution is 0.0521. The highest BCUT2D eigenvalue weighted by molar-refractivity contribution is 7.80. The predicted molar refractivity (Wildman–Crippen MR) is 94.2 cm³/mol. The molecule has 0 aliphatic carbocycles. The zero-order valence-corrected chi connectivity index (χ0v) is 14.0. The van der Waals surface area contributed by atoms with Gasteiger partial charge in [-0.15, -0.1) is 0 Å². The highest BCUT2D eigenvalue weighted by Gasteiger charge is 2.28. The molecule has 0 saturated heterocycles. The van der Waals surface area contributed by atoms with E-state index in [0.717, 1.165) is 5.69 Å². The highest BCUT2D eigenvalue weighted by atomic mass is 32.1. The first-order chi connectivity index (χ1) is 11.4. The van der Waals surface area contributed by atoms with Crippen LogP contribution >= 0.6 is 12.2 Å². The van der Waals surface area contributed by atoms with Crippen LogP contribution in [-0.2, 0) is 4.74 Å². The third kappa shape index (κ3) is 3.90. The van der Waals surface area contributed by atoms with E-state index < -0.39 is 11.9 Å². The van der Waals surface area contributed by atoms with Crippen LogP contribution in [0, 0.1) is 6.92 Å². The average Bonchev–Trinajstić information content (AvgIpc) is 2.84. The molecule has 1 amide bonds. The first-order valence-corrected chi connectivity index (χ1v) is 7.58. The zero-order chi connectivity index (χ0) is 17.7. The van der Waals surface area contributed by atoms with Crippen LogP contribution in [0.3, 0.4) is 0 Å². The molecule has 1 aromatic heterocycles. The second-order valence-electron chi connectivity index (χ2n) is 4.77. The van der Waals surface area contributed by atoms with Gasteiger partial charge >= 0.3 is 5.97 Å². The zero-order valence-electron chi connectivity index (χ0n) is 13.2. The Hall–Kier alpha value is -2.87. The summed E-state index contributed by atoms with van der Waals surface area (Å²) >= 11 is 5.18. The van der Waals surface area contributed by atoms with E-state index in [-0.39, 0.29) is 34.5 Å². The number of anilines is 2. The number of rotatable bonds is 5. The Kier molecular flexibility index (Phi) is 5.54. The topological polar surface area (TPSA) is 107 Å². The highest BCUT2D eigenvalue weighted by Crippen LogP contribution is 2.27. The lowest BCUT2D eigenvalue weighted by Gasteiger charge is -2.09. The number of nitrogens with two attached hydrogens (primary N) is 1. The molecule has 4 N–H and O–H groups in total. The van der Waals surface area contributed by atoms with E-state index in [9.17, 15) is 9.59 Å². The molecule has 2 rings (SSSR count). The van der Waals surface area contributed by atoms with E-state index in [0.29, 0.717) is 0 Å². The maximum atomic E-state index is 12.0. The summed E-state index contributed by atoms with van der Waals surface area (Å²) in [5, 5.41) is 5.86. The molecule has 0 spiro atoms. The molecule has 0 radical (unpaired) electrons. The molecule has 1 heterocycles. The van der Waals surface area contributed by atoms with Crippen molar-refractivity contribution in [3.05, 3.63) is 47.2 Å². The molecule has 7 nitrogen and oxygen atoms in total. The van der Waals surface area contributed by atoms with Gasteiger partial charge in [0.15, 0.2) is 5.11 Å². The number of para-hydroxylation sites is 1. The minimum atomic E-state index is -0.820. The van der Waals surface area contributed by atoms with Gasteiger partial charge in [-0.1, -0.05) is 18.2 Å².